The van der Waals surface area contributed by atoms with Crippen LogP contribution in [0.25, 0.3) is 0 Å². The fourth-order valence-corrected chi connectivity index (χ4v) is 4.46. The van der Waals surface area contributed by atoms with Crippen LogP contribution in [0.2, 0.25) is 0 Å². The SMILES string of the molecule is O=C(CN1C(=O)CCc2ccccc21)N(Cc1ccsc1)C[C@H]1CCCO1. The highest BCUT2D eigenvalue weighted by Crippen LogP contribution is 2.27. The standard InChI is InChI=1S/C21H24N2O3S/c24-20-8-7-17-4-1-2-6-19(17)23(20)14-21(25)22(12-16-9-11-27-15-16)13-18-5-3-10-26-18/h1-2,4,6,9,11,15,18H,3,5,7-8,10,12-14H2/t18-/m1/s1. The summed E-state index contributed by atoms with van der Waals surface area (Å²) < 4.78 is 5.75. The van der Waals surface area contributed by atoms with Gasteiger partial charge >= 0.3 is 0 Å². The van der Waals surface area contributed by atoms with Crippen LogP contribution in [0.15, 0.2) is 41.1 Å². The van der Waals surface area contributed by atoms with Crippen molar-refractivity contribution in [1.29, 1.82) is 0 Å². The molecule has 2 amide bonds. The number of para-hydroxylation sites is 1. The highest BCUT2D eigenvalue weighted by atomic mass is 32.1. The molecule has 1 fully saturated rings. The second kappa shape index (κ2) is 8.23. The predicted octanol–water partition coefficient (Wildman–Crippen LogP) is 3.24. The van der Waals surface area contributed by atoms with Crippen molar-refractivity contribution in [3.8, 4) is 0 Å². The van der Waals surface area contributed by atoms with E-state index < -0.39 is 0 Å². The number of hydrogen-bond donors (Lipinski definition) is 0. The number of nitrogens with zero attached hydrogens (tertiary/aromatic N) is 2. The number of carbonyl (C=O) groups is 2. The first kappa shape index (κ1) is 18.2. The molecule has 1 aromatic heterocycles. The zero-order chi connectivity index (χ0) is 18.6. The van der Waals surface area contributed by atoms with Gasteiger partial charge in [-0.2, -0.15) is 11.3 Å². The van der Waals surface area contributed by atoms with Crippen LogP contribution in [0.3, 0.4) is 0 Å². The van der Waals surface area contributed by atoms with Crippen LogP contribution in [-0.2, 0) is 27.3 Å². The summed E-state index contributed by atoms with van der Waals surface area (Å²) >= 11 is 1.63. The van der Waals surface area contributed by atoms with Crippen molar-refractivity contribution in [2.24, 2.45) is 0 Å². The third-order valence-corrected chi connectivity index (χ3v) is 5.97. The maximum atomic E-state index is 13.2. The van der Waals surface area contributed by atoms with E-state index in [1.54, 1.807) is 16.2 Å². The number of ether oxygens (including phenoxy) is 1. The van der Waals surface area contributed by atoms with Crippen molar-refractivity contribution >= 4 is 28.8 Å². The Bertz CT molecular complexity index is 800. The average Bonchev–Trinajstić information content (AvgIpc) is 3.37. The van der Waals surface area contributed by atoms with Crippen molar-refractivity contribution in [2.75, 3.05) is 24.6 Å². The number of aryl methyl sites for hydroxylation is 1. The van der Waals surface area contributed by atoms with E-state index >= 15 is 0 Å². The van der Waals surface area contributed by atoms with E-state index in [1.165, 1.54) is 0 Å². The summed E-state index contributed by atoms with van der Waals surface area (Å²) in [4.78, 5) is 29.2. The lowest BCUT2D eigenvalue weighted by Crippen LogP contribution is -2.46. The summed E-state index contributed by atoms with van der Waals surface area (Å²) in [5.41, 5.74) is 3.12. The number of hydrogen-bond acceptors (Lipinski definition) is 4. The van der Waals surface area contributed by atoms with E-state index in [1.807, 2.05) is 40.6 Å². The van der Waals surface area contributed by atoms with Gasteiger partial charge in [-0.25, -0.2) is 0 Å². The molecule has 2 aromatic rings. The van der Waals surface area contributed by atoms with Gasteiger partial charge in [0.1, 0.15) is 6.54 Å². The molecule has 0 unspecified atom stereocenters. The Kier molecular flexibility index (Phi) is 5.55. The van der Waals surface area contributed by atoms with Crippen molar-refractivity contribution < 1.29 is 14.3 Å². The molecule has 1 aromatic carbocycles. The van der Waals surface area contributed by atoms with Gasteiger partial charge in [-0.3, -0.25) is 9.59 Å². The molecule has 27 heavy (non-hydrogen) atoms. The average molecular weight is 385 g/mol. The van der Waals surface area contributed by atoms with Gasteiger partial charge in [-0.15, -0.1) is 0 Å². The molecule has 6 heteroatoms. The molecule has 3 heterocycles. The molecule has 0 aliphatic carbocycles. The van der Waals surface area contributed by atoms with Gasteiger partial charge in [0, 0.05) is 31.8 Å². The summed E-state index contributed by atoms with van der Waals surface area (Å²) in [7, 11) is 0. The Labute approximate surface area is 163 Å². The lowest BCUT2D eigenvalue weighted by Gasteiger charge is -2.32. The van der Waals surface area contributed by atoms with Gasteiger partial charge in [-0.05, 0) is 53.3 Å². The molecule has 2 aliphatic heterocycles. The lowest BCUT2D eigenvalue weighted by atomic mass is 10.0. The van der Waals surface area contributed by atoms with Crippen molar-refractivity contribution in [2.45, 2.75) is 38.3 Å². The molecule has 0 radical (unpaired) electrons. The summed E-state index contributed by atoms with van der Waals surface area (Å²) in [5.74, 6) is -0.00333. The van der Waals surface area contributed by atoms with Crippen LogP contribution in [0, 0.1) is 0 Å². The monoisotopic (exact) mass is 384 g/mol. The minimum atomic E-state index is -0.0262. The first-order valence-corrected chi connectivity index (χ1v) is 10.4. The van der Waals surface area contributed by atoms with Gasteiger partial charge in [0.05, 0.1) is 6.10 Å². The van der Waals surface area contributed by atoms with E-state index in [0.29, 0.717) is 19.5 Å². The molecule has 0 N–H and O–H groups in total. The zero-order valence-corrected chi connectivity index (χ0v) is 16.1. The van der Waals surface area contributed by atoms with Crippen LogP contribution in [-0.4, -0.2) is 42.5 Å². The first-order chi connectivity index (χ1) is 13.2. The predicted molar refractivity (Wildman–Crippen MR) is 106 cm³/mol. The van der Waals surface area contributed by atoms with Gasteiger partial charge in [0.25, 0.3) is 0 Å². The summed E-state index contributed by atoms with van der Waals surface area (Å²) in [6.07, 6.45) is 3.33. The van der Waals surface area contributed by atoms with Crippen LogP contribution in [0.1, 0.15) is 30.4 Å². The second-order valence-corrected chi connectivity index (χ2v) is 7.93. The highest BCUT2D eigenvalue weighted by Gasteiger charge is 2.29. The Balaban J connectivity index is 1.51. The normalized spacial score (nSPS) is 19.2. The summed E-state index contributed by atoms with van der Waals surface area (Å²) in [6, 6.07) is 9.92. The van der Waals surface area contributed by atoms with E-state index in [9.17, 15) is 9.59 Å². The molecule has 0 bridgehead atoms. The Morgan fingerprint density at radius 3 is 2.93 bits per heavy atom. The third-order valence-electron chi connectivity index (χ3n) is 5.24. The molecule has 0 saturated carbocycles. The molecule has 1 atom stereocenters. The fourth-order valence-electron chi connectivity index (χ4n) is 3.80. The second-order valence-electron chi connectivity index (χ2n) is 7.15. The van der Waals surface area contributed by atoms with Crippen molar-refractivity contribution in [3.63, 3.8) is 0 Å². The number of anilines is 1. The number of carbonyl (C=O) groups excluding carboxylic acids is 2. The van der Waals surface area contributed by atoms with Crippen LogP contribution < -0.4 is 4.90 Å². The lowest BCUT2D eigenvalue weighted by molar-refractivity contribution is -0.133. The number of rotatable bonds is 6. The number of benzene rings is 1. The molecule has 2 aliphatic rings. The van der Waals surface area contributed by atoms with Crippen LogP contribution >= 0.6 is 11.3 Å². The fraction of sp³-hybridized carbons (Fsp3) is 0.429. The molecule has 142 valence electrons. The van der Waals surface area contributed by atoms with E-state index in [4.69, 9.17) is 4.74 Å². The van der Waals surface area contributed by atoms with Crippen molar-refractivity contribution in [1.82, 2.24) is 4.90 Å². The topological polar surface area (TPSA) is 49.9 Å². The smallest absolute Gasteiger partial charge is 0.243 e. The largest absolute Gasteiger partial charge is 0.376 e. The van der Waals surface area contributed by atoms with Gasteiger partial charge < -0.3 is 14.5 Å². The van der Waals surface area contributed by atoms with Gasteiger partial charge in [-0.1, -0.05) is 18.2 Å². The van der Waals surface area contributed by atoms with E-state index in [0.717, 1.165) is 42.7 Å². The molecular weight excluding hydrogens is 360 g/mol. The molecule has 0 spiro atoms. The molecule has 1 saturated heterocycles. The zero-order valence-electron chi connectivity index (χ0n) is 15.3. The third kappa shape index (κ3) is 4.22. The number of amides is 2. The Morgan fingerprint density at radius 1 is 1.26 bits per heavy atom. The quantitative estimate of drug-likeness (QED) is 0.768. The maximum Gasteiger partial charge on any atom is 0.243 e. The summed E-state index contributed by atoms with van der Waals surface area (Å²) in [5, 5.41) is 4.09. The van der Waals surface area contributed by atoms with Crippen LogP contribution in [0.5, 0.6) is 0 Å². The summed E-state index contributed by atoms with van der Waals surface area (Å²) in [6.45, 7) is 2.00. The van der Waals surface area contributed by atoms with Gasteiger partial charge in [0.2, 0.25) is 11.8 Å². The Morgan fingerprint density at radius 2 is 2.15 bits per heavy atom. The first-order valence-electron chi connectivity index (χ1n) is 9.49. The van der Waals surface area contributed by atoms with Crippen molar-refractivity contribution in [3.05, 3.63) is 52.2 Å². The number of thiophene rings is 1. The molecule has 4 rings (SSSR count). The minimum Gasteiger partial charge on any atom is -0.376 e. The molecular formula is C21H24N2O3S. The Hall–Kier alpha value is -2.18. The van der Waals surface area contributed by atoms with E-state index in [2.05, 4.69) is 5.38 Å². The van der Waals surface area contributed by atoms with Crippen LogP contribution in [0.4, 0.5) is 5.69 Å². The number of fused-ring (bicyclic) bond motifs is 1. The van der Waals surface area contributed by atoms with Gasteiger partial charge in [0.15, 0.2) is 0 Å². The maximum absolute atomic E-state index is 13.2. The van der Waals surface area contributed by atoms with E-state index in [-0.39, 0.29) is 24.5 Å². The minimum absolute atomic E-state index is 0.0228. The molecule has 5 nitrogen and oxygen atoms in total. The highest BCUT2D eigenvalue weighted by molar-refractivity contribution is 7.07.